The largest absolute Gasteiger partial charge is 0.0630 e. The molecule has 0 atom stereocenters. The van der Waals surface area contributed by atoms with Crippen LogP contribution in [0.25, 0.3) is 0 Å². The van der Waals surface area contributed by atoms with Gasteiger partial charge in [-0.05, 0) is 17.8 Å². The minimum atomic E-state index is 0.833. The zero-order valence-electron chi connectivity index (χ0n) is 19.2. The van der Waals surface area contributed by atoms with E-state index in [0.29, 0.717) is 0 Å². The van der Waals surface area contributed by atoms with Crippen molar-refractivity contribution in [3.63, 3.8) is 0 Å². The summed E-state index contributed by atoms with van der Waals surface area (Å²) >= 11 is 0. The maximum atomic E-state index is 2.17. The Kier molecular flexibility index (Phi) is 30.3. The van der Waals surface area contributed by atoms with E-state index in [0.717, 1.165) is 17.8 Å². The summed E-state index contributed by atoms with van der Waals surface area (Å²) in [5, 5.41) is 0. The van der Waals surface area contributed by atoms with Gasteiger partial charge >= 0.3 is 0 Å². The van der Waals surface area contributed by atoms with Crippen molar-refractivity contribution in [3.05, 3.63) is 0 Å². The minimum Gasteiger partial charge on any atom is -0.0630 e. The molecule has 0 saturated heterocycles. The molecular weight excluding hydrogens is 288 g/mol. The first kappa shape index (κ1) is 28.8. The standard InChI is InChI=1S/C5H10.C4H8.3C4H10.C3H6/c1-2-4-5-3-1;1-2-4-3-1;3*1-4(2)3;1-2-3-1/h1-5H2;1-4H2;3*4H,1-3H3;1-3H2. The maximum Gasteiger partial charge on any atom is -0.0500 e. The van der Waals surface area contributed by atoms with Crippen LogP contribution in [0.4, 0.5) is 0 Å². The van der Waals surface area contributed by atoms with Crippen LogP contribution in [0.15, 0.2) is 0 Å². The van der Waals surface area contributed by atoms with Gasteiger partial charge in [0.1, 0.15) is 0 Å². The Morgan fingerprint density at radius 2 is 0.292 bits per heavy atom. The summed E-state index contributed by atoms with van der Waals surface area (Å²) in [5.74, 6) is 2.50. The molecule has 0 bridgehead atoms. The molecule has 150 valence electrons. The van der Waals surface area contributed by atoms with Crippen LogP contribution in [0.5, 0.6) is 0 Å². The van der Waals surface area contributed by atoms with Crippen LogP contribution in [-0.2, 0) is 0 Å². The zero-order chi connectivity index (χ0) is 19.2. The van der Waals surface area contributed by atoms with Crippen molar-refractivity contribution in [2.45, 2.75) is 139 Å². The molecule has 3 aliphatic rings. The summed E-state index contributed by atoms with van der Waals surface area (Å²) in [4.78, 5) is 0. The van der Waals surface area contributed by atoms with Gasteiger partial charge in [0.25, 0.3) is 0 Å². The van der Waals surface area contributed by atoms with E-state index < -0.39 is 0 Å². The van der Waals surface area contributed by atoms with Crippen molar-refractivity contribution in [3.8, 4) is 0 Å². The van der Waals surface area contributed by atoms with Crippen LogP contribution in [0.3, 0.4) is 0 Å². The van der Waals surface area contributed by atoms with E-state index >= 15 is 0 Å². The predicted molar refractivity (Wildman–Crippen MR) is 117 cm³/mol. The molecule has 0 nitrogen and oxygen atoms in total. The molecule has 0 spiro atoms. The van der Waals surface area contributed by atoms with Crippen LogP contribution in [0.1, 0.15) is 139 Å². The lowest BCUT2D eigenvalue weighted by atomic mass is 10.0. The lowest BCUT2D eigenvalue weighted by Crippen LogP contribution is -1.85. The summed E-state index contributed by atoms with van der Waals surface area (Å²) in [5.41, 5.74) is 0. The van der Waals surface area contributed by atoms with E-state index in [4.69, 9.17) is 0 Å². The fourth-order valence-corrected chi connectivity index (χ4v) is 1.13. The average molecular weight is 343 g/mol. The Labute approximate surface area is 157 Å². The number of hydrogen-bond acceptors (Lipinski definition) is 0. The van der Waals surface area contributed by atoms with Gasteiger partial charge in [-0.25, -0.2) is 0 Å². The van der Waals surface area contributed by atoms with Gasteiger partial charge in [0.15, 0.2) is 0 Å². The molecule has 3 fully saturated rings. The smallest absolute Gasteiger partial charge is 0.0500 e. The number of rotatable bonds is 0. The fourth-order valence-electron chi connectivity index (χ4n) is 1.13. The van der Waals surface area contributed by atoms with Crippen molar-refractivity contribution >= 4 is 0 Å². The van der Waals surface area contributed by atoms with Crippen LogP contribution in [0.2, 0.25) is 0 Å². The molecule has 0 aliphatic heterocycles. The summed E-state index contributed by atoms with van der Waals surface area (Å²) in [6.07, 6.45) is 18.0. The first-order chi connectivity index (χ1) is 11.2. The second-order valence-corrected chi connectivity index (χ2v) is 9.44. The Balaban J connectivity index is -0.000000222. The molecule has 0 N–H and O–H groups in total. The van der Waals surface area contributed by atoms with Gasteiger partial charge in [0.2, 0.25) is 0 Å². The van der Waals surface area contributed by atoms with Crippen molar-refractivity contribution in [1.82, 2.24) is 0 Å². The lowest BCUT2D eigenvalue weighted by molar-refractivity contribution is 0.504. The van der Waals surface area contributed by atoms with E-state index in [1.807, 2.05) is 0 Å². The van der Waals surface area contributed by atoms with E-state index in [9.17, 15) is 0 Å². The molecule has 0 heteroatoms. The molecule has 0 unspecified atom stereocenters. The summed E-state index contributed by atoms with van der Waals surface area (Å²) < 4.78 is 0. The van der Waals surface area contributed by atoms with E-state index in [-0.39, 0.29) is 0 Å². The highest BCUT2D eigenvalue weighted by Crippen LogP contribution is 2.15. The van der Waals surface area contributed by atoms with Crippen molar-refractivity contribution in [2.75, 3.05) is 0 Å². The second kappa shape index (κ2) is 25.2. The molecule has 3 aliphatic carbocycles. The molecule has 0 radical (unpaired) electrons. The lowest BCUT2D eigenvalue weighted by Gasteiger charge is -2.05. The molecule has 0 aromatic heterocycles. The summed E-state index contributed by atoms with van der Waals surface area (Å²) in [6, 6.07) is 0. The highest BCUT2D eigenvalue weighted by Gasteiger charge is 1.96. The zero-order valence-corrected chi connectivity index (χ0v) is 19.2. The molecule has 3 saturated carbocycles. The average Bonchev–Trinajstić information content (AvgIpc) is 3.07. The third-order valence-corrected chi connectivity index (χ3v) is 2.60. The summed E-state index contributed by atoms with van der Waals surface area (Å²) in [7, 11) is 0. The Hall–Kier alpha value is 0. The van der Waals surface area contributed by atoms with E-state index in [2.05, 4.69) is 62.3 Å². The van der Waals surface area contributed by atoms with Crippen LogP contribution >= 0.6 is 0 Å². The first-order valence-electron chi connectivity index (χ1n) is 11.2. The minimum absolute atomic E-state index is 0.833. The normalized spacial score (nSPS) is 16.5. The van der Waals surface area contributed by atoms with Gasteiger partial charge in [-0.15, -0.1) is 0 Å². The van der Waals surface area contributed by atoms with Crippen molar-refractivity contribution in [2.24, 2.45) is 17.8 Å². The van der Waals surface area contributed by atoms with E-state index in [1.54, 1.807) is 0 Å². The topological polar surface area (TPSA) is 0 Å². The molecule has 0 aromatic rings. The van der Waals surface area contributed by atoms with Gasteiger partial charge < -0.3 is 0 Å². The molecular formula is C24H54. The predicted octanol–water partition coefficient (Wildman–Crippen LogP) is 9.67. The van der Waals surface area contributed by atoms with Gasteiger partial charge in [-0.3, -0.25) is 0 Å². The summed E-state index contributed by atoms with van der Waals surface area (Å²) in [6.45, 7) is 19.5. The van der Waals surface area contributed by atoms with Crippen LogP contribution in [-0.4, -0.2) is 0 Å². The second-order valence-electron chi connectivity index (χ2n) is 9.44. The molecule has 0 amide bonds. The Morgan fingerprint density at radius 3 is 0.333 bits per heavy atom. The SMILES string of the molecule is C1CC1.C1CCC1.C1CCCC1.CC(C)C.CC(C)C.CC(C)C. The quantitative estimate of drug-likeness (QED) is 0.411. The fraction of sp³-hybridized carbons (Fsp3) is 1.00. The molecule has 0 heterocycles. The number of hydrogen-bond donors (Lipinski definition) is 0. The van der Waals surface area contributed by atoms with E-state index in [1.165, 1.54) is 77.0 Å². The van der Waals surface area contributed by atoms with Gasteiger partial charge in [0.05, 0.1) is 0 Å². The highest BCUT2D eigenvalue weighted by atomic mass is 14.0. The van der Waals surface area contributed by atoms with Crippen molar-refractivity contribution < 1.29 is 0 Å². The van der Waals surface area contributed by atoms with Gasteiger partial charge in [-0.1, -0.05) is 139 Å². The molecule has 0 aromatic carbocycles. The van der Waals surface area contributed by atoms with Gasteiger partial charge in [-0.2, -0.15) is 0 Å². The molecule has 24 heavy (non-hydrogen) atoms. The Morgan fingerprint density at radius 1 is 0.250 bits per heavy atom. The van der Waals surface area contributed by atoms with Crippen molar-refractivity contribution in [1.29, 1.82) is 0 Å². The van der Waals surface area contributed by atoms with Crippen LogP contribution in [0, 0.1) is 17.8 Å². The third kappa shape index (κ3) is 97.0. The van der Waals surface area contributed by atoms with Crippen LogP contribution < -0.4 is 0 Å². The third-order valence-electron chi connectivity index (χ3n) is 2.60. The maximum absolute atomic E-state index is 2.17. The highest BCUT2D eigenvalue weighted by molar-refractivity contribution is 4.51. The monoisotopic (exact) mass is 342 g/mol. The Bertz CT molecular complexity index is 132. The molecule has 3 rings (SSSR count). The first-order valence-corrected chi connectivity index (χ1v) is 11.2. The van der Waals surface area contributed by atoms with Gasteiger partial charge in [0, 0.05) is 0 Å².